The molecule has 0 spiro atoms. The summed E-state index contributed by atoms with van der Waals surface area (Å²) in [5, 5.41) is 34.1. The molecule has 0 unspecified atom stereocenters. The minimum absolute atomic E-state index is 0.253. The first kappa shape index (κ1) is 60.8. The van der Waals surface area contributed by atoms with Crippen LogP contribution in [0.2, 0.25) is 0 Å². The van der Waals surface area contributed by atoms with Crippen LogP contribution in [-0.2, 0) is 32.5 Å². The predicted octanol–water partition coefficient (Wildman–Crippen LogP) is 20.1. The molecule has 6 nitrogen and oxygen atoms in total. The summed E-state index contributed by atoms with van der Waals surface area (Å²) in [4.78, 5) is 2.44. The van der Waals surface area contributed by atoms with Crippen molar-refractivity contribution in [3.63, 3.8) is 0 Å². The summed E-state index contributed by atoms with van der Waals surface area (Å²) in [6, 6.07) is 18.0. The highest BCUT2D eigenvalue weighted by atomic mass is 32.1. The van der Waals surface area contributed by atoms with Gasteiger partial charge in [-0.15, -0.1) is 37.9 Å². The van der Waals surface area contributed by atoms with Crippen LogP contribution in [0.5, 0.6) is 34.5 Å². The molecule has 3 N–H and O–H groups in total. The molecule has 410 valence electrons. The Hall–Kier alpha value is -4.40. The van der Waals surface area contributed by atoms with E-state index in [1.54, 1.807) is 0 Å². The van der Waals surface area contributed by atoms with E-state index in [4.69, 9.17) is 51.5 Å². The number of rotatable bonds is 9. The molecule has 0 saturated carbocycles. The fraction of sp³-hybridized carbons (Fsp3) is 0.455. The van der Waals surface area contributed by atoms with Gasteiger partial charge in [0.25, 0.3) is 0 Å². The summed E-state index contributed by atoms with van der Waals surface area (Å²) in [6.45, 7) is 50.8. The number of aryl methyl sites for hydroxylation is 6. The van der Waals surface area contributed by atoms with Crippen molar-refractivity contribution >= 4 is 46.5 Å². The quantitative estimate of drug-likeness (QED) is 0.0639. The van der Waals surface area contributed by atoms with Crippen LogP contribution in [0.15, 0.2) is 69.3 Å². The Morgan fingerprint density at radius 1 is 0.316 bits per heavy atom. The van der Waals surface area contributed by atoms with E-state index in [1.165, 1.54) is 0 Å². The summed E-state index contributed by atoms with van der Waals surface area (Å²) >= 11 is 15.9. The van der Waals surface area contributed by atoms with E-state index in [9.17, 15) is 15.3 Å². The Balaban J connectivity index is 1.76. The van der Waals surface area contributed by atoms with E-state index in [2.05, 4.69) is 143 Å². The highest BCUT2D eigenvalue weighted by Crippen LogP contribution is 2.57. The van der Waals surface area contributed by atoms with Gasteiger partial charge in [-0.1, -0.05) is 125 Å². The normalized spacial score (nSPS) is 12.9. The van der Waals surface area contributed by atoms with Gasteiger partial charge in [0.2, 0.25) is 0 Å². The smallest absolute Gasteiger partial charge is 0.508 e. The minimum Gasteiger partial charge on any atom is -0.508 e. The van der Waals surface area contributed by atoms with Gasteiger partial charge < -0.3 is 28.9 Å². The van der Waals surface area contributed by atoms with Crippen molar-refractivity contribution in [1.82, 2.24) is 0 Å². The fourth-order valence-corrected chi connectivity index (χ4v) is 12.5. The van der Waals surface area contributed by atoms with Gasteiger partial charge in [0.05, 0.1) is 0 Å². The van der Waals surface area contributed by atoms with Crippen molar-refractivity contribution in [2.45, 2.75) is 213 Å². The van der Waals surface area contributed by atoms with E-state index in [0.29, 0.717) is 17.2 Å². The van der Waals surface area contributed by atoms with Gasteiger partial charge in [-0.3, -0.25) is 0 Å². The zero-order valence-corrected chi connectivity index (χ0v) is 53.6. The van der Waals surface area contributed by atoms with E-state index >= 15 is 0 Å². The van der Waals surface area contributed by atoms with Gasteiger partial charge in [0.1, 0.15) is 34.5 Å². The molecule has 0 atom stereocenters. The second kappa shape index (κ2) is 21.0. The third kappa shape index (κ3) is 12.2. The number of hydrogen-bond donors (Lipinski definition) is 6. The first-order valence-electron chi connectivity index (χ1n) is 26.4. The number of phenolic OH excluding ortho intramolecular Hbond substituents is 3. The van der Waals surface area contributed by atoms with Crippen molar-refractivity contribution < 1.29 is 28.9 Å². The third-order valence-electron chi connectivity index (χ3n) is 14.4. The molecule has 0 aromatic heterocycles. The molecule has 6 rings (SSSR count). The number of benzene rings is 6. The Labute approximate surface area is 475 Å². The average molecular weight is 1100 g/mol. The molecular formula is C66H87O6PS3. The lowest BCUT2D eigenvalue weighted by Gasteiger charge is -2.33. The van der Waals surface area contributed by atoms with E-state index in [0.717, 1.165) is 115 Å². The molecule has 0 heterocycles. The van der Waals surface area contributed by atoms with Crippen LogP contribution in [0.3, 0.4) is 0 Å². The molecule has 6 aromatic rings. The number of aromatic hydroxyl groups is 3. The van der Waals surface area contributed by atoms with Crippen LogP contribution in [-0.4, -0.2) is 15.3 Å². The number of phenols is 3. The summed E-state index contributed by atoms with van der Waals surface area (Å²) < 4.78 is 22.6. The maximum Gasteiger partial charge on any atom is 0.530 e. The Morgan fingerprint density at radius 2 is 0.526 bits per heavy atom. The third-order valence-corrected chi connectivity index (χ3v) is 17.2. The van der Waals surface area contributed by atoms with Crippen LogP contribution in [0.1, 0.15) is 191 Å². The summed E-state index contributed by atoms with van der Waals surface area (Å²) in [5.41, 5.74) is 13.7. The number of hydrogen-bond acceptors (Lipinski definition) is 9. The summed E-state index contributed by atoms with van der Waals surface area (Å²) in [6.07, 6.45) is 0. The average Bonchev–Trinajstić information content (AvgIpc) is 3.22. The first-order chi connectivity index (χ1) is 34.5. The van der Waals surface area contributed by atoms with Crippen LogP contribution in [0.4, 0.5) is 0 Å². The van der Waals surface area contributed by atoms with E-state index in [-0.39, 0.29) is 33.5 Å². The molecule has 0 amide bonds. The number of thiol groups is 3. The van der Waals surface area contributed by atoms with Crippen molar-refractivity contribution in [3.05, 3.63) is 121 Å². The molecule has 0 aliphatic rings. The molecule has 0 fully saturated rings. The minimum atomic E-state index is -2.40. The van der Waals surface area contributed by atoms with Gasteiger partial charge in [-0.25, -0.2) is 0 Å². The SMILES string of the molecule is Cc1cc(O)c(C(C)(C)C)cc1-c1c(S)c(C)cc(OP(Oc2cc(C)c(S)c(-c3cc(C(C)(C)C)c(O)cc3C)c2C(C)(C)C)Oc2cc(C)c(S)c(-c3cc(C(C)(C)C)c(O)cc3C)c2C(C)(C)C)c1C(C)(C)C. The lowest BCUT2D eigenvalue weighted by molar-refractivity contribution is 0.372. The molecule has 10 heteroatoms. The first-order valence-corrected chi connectivity index (χ1v) is 28.9. The van der Waals surface area contributed by atoms with Crippen LogP contribution < -0.4 is 13.6 Å². The summed E-state index contributed by atoms with van der Waals surface area (Å²) in [7, 11) is -2.40. The topological polar surface area (TPSA) is 88.4 Å². The Morgan fingerprint density at radius 3 is 0.711 bits per heavy atom. The maximum atomic E-state index is 11.4. The highest BCUT2D eigenvalue weighted by Gasteiger charge is 2.38. The molecule has 0 radical (unpaired) electrons. The molecule has 0 saturated heterocycles. The van der Waals surface area contributed by atoms with Gasteiger partial charge in [-0.2, -0.15) is 0 Å². The fourth-order valence-electron chi connectivity index (χ4n) is 10.5. The zero-order chi connectivity index (χ0) is 57.7. The Kier molecular flexibility index (Phi) is 16.8. The van der Waals surface area contributed by atoms with Gasteiger partial charge >= 0.3 is 8.60 Å². The highest BCUT2D eigenvalue weighted by molar-refractivity contribution is 7.80. The largest absolute Gasteiger partial charge is 0.530 e. The van der Waals surface area contributed by atoms with E-state index in [1.807, 2.05) is 77.9 Å². The van der Waals surface area contributed by atoms with Crippen molar-refractivity contribution in [2.75, 3.05) is 0 Å². The maximum absolute atomic E-state index is 11.4. The lowest BCUT2D eigenvalue weighted by Crippen LogP contribution is -2.20. The summed E-state index contributed by atoms with van der Waals surface area (Å²) in [5.74, 6) is 2.52. The van der Waals surface area contributed by atoms with Crippen molar-refractivity contribution in [1.29, 1.82) is 0 Å². The van der Waals surface area contributed by atoms with Crippen LogP contribution in [0.25, 0.3) is 33.4 Å². The van der Waals surface area contributed by atoms with Gasteiger partial charge in [0.15, 0.2) is 0 Å². The molecule has 0 aliphatic carbocycles. The second-order valence-corrected chi connectivity index (χ2v) is 29.8. The van der Waals surface area contributed by atoms with Crippen molar-refractivity contribution in [2.24, 2.45) is 0 Å². The zero-order valence-electron chi connectivity index (χ0n) is 50.1. The standard InChI is InChI=1S/C66H87O6PS3/c1-34-25-46(67)43(61(7,8)9)31-40(34)52-55(64(16,17)18)49(28-37(4)58(52)74)70-73(71-50-29-38(5)59(75)53(56(50)65(19,20)21)41-32-44(62(10,11)12)47(68)26-35(41)2)72-51-30-39(6)60(76)54(57(51)66(22,23)24)42-33-45(63(13,14)15)48(69)27-36(42)3/h25-33,67-69,74-76H,1-24H3. The Bertz CT molecular complexity index is 2910. The molecule has 0 aliphatic heterocycles. The molecular weight excluding hydrogens is 1020 g/mol. The molecule has 6 aromatic carbocycles. The predicted molar refractivity (Wildman–Crippen MR) is 332 cm³/mol. The molecule has 0 bridgehead atoms. The second-order valence-electron chi connectivity index (χ2n) is 27.4. The van der Waals surface area contributed by atoms with Crippen molar-refractivity contribution in [3.8, 4) is 67.9 Å². The lowest BCUT2D eigenvalue weighted by atomic mass is 9.77. The monoisotopic (exact) mass is 1100 g/mol. The molecule has 76 heavy (non-hydrogen) atoms. The van der Waals surface area contributed by atoms with Gasteiger partial charge in [-0.05, 0) is 195 Å². The van der Waals surface area contributed by atoms with E-state index < -0.39 is 24.8 Å². The van der Waals surface area contributed by atoms with Gasteiger partial charge in [0, 0.05) is 48.1 Å². The van der Waals surface area contributed by atoms with Crippen LogP contribution in [0, 0.1) is 41.5 Å². The van der Waals surface area contributed by atoms with Crippen LogP contribution >= 0.6 is 46.5 Å².